The summed E-state index contributed by atoms with van der Waals surface area (Å²) in [7, 11) is 0. The lowest BCUT2D eigenvalue weighted by molar-refractivity contribution is -0.142. The number of nitrogens with one attached hydrogen (secondary N) is 1. The smallest absolute Gasteiger partial charge is 0.307 e. The minimum absolute atomic E-state index is 0.351. The molecule has 0 aromatic heterocycles. The first kappa shape index (κ1) is 20.5. The second kappa shape index (κ2) is 10.3. The molecule has 27 heavy (non-hydrogen) atoms. The van der Waals surface area contributed by atoms with E-state index in [1.807, 2.05) is 56.3 Å². The van der Waals surface area contributed by atoms with Gasteiger partial charge in [0.1, 0.15) is 12.4 Å². The Hall–Kier alpha value is -2.84. The summed E-state index contributed by atoms with van der Waals surface area (Å²) < 4.78 is 5.82. The summed E-state index contributed by atoms with van der Waals surface area (Å²) in [5.41, 5.74) is 2.59. The molecular formula is C22H26N2O3. The maximum absolute atomic E-state index is 11.3. The van der Waals surface area contributed by atoms with Gasteiger partial charge in [-0.3, -0.25) is 4.79 Å². The molecule has 1 unspecified atom stereocenters. The fraction of sp³-hybridized carbons (Fsp3) is 0.364. The van der Waals surface area contributed by atoms with E-state index < -0.39 is 5.97 Å². The molecule has 0 aliphatic carbocycles. The van der Waals surface area contributed by atoms with Crippen molar-refractivity contribution in [3.05, 3.63) is 65.2 Å². The van der Waals surface area contributed by atoms with Gasteiger partial charge in [0.25, 0.3) is 0 Å². The predicted octanol–water partition coefficient (Wildman–Crippen LogP) is 3.97. The van der Waals surface area contributed by atoms with Gasteiger partial charge in [-0.1, -0.05) is 38.1 Å². The van der Waals surface area contributed by atoms with Gasteiger partial charge in [-0.2, -0.15) is 5.26 Å². The monoisotopic (exact) mass is 366 g/mol. The Morgan fingerprint density at radius 1 is 1.19 bits per heavy atom. The topological polar surface area (TPSA) is 82.3 Å². The molecule has 0 aliphatic heterocycles. The van der Waals surface area contributed by atoms with Crippen LogP contribution in [0.4, 0.5) is 0 Å². The summed E-state index contributed by atoms with van der Waals surface area (Å²) in [5.74, 6) is -0.0393. The summed E-state index contributed by atoms with van der Waals surface area (Å²) in [4.78, 5) is 11.3. The third-order valence-electron chi connectivity index (χ3n) is 4.19. The normalized spacial score (nSPS) is 11.8. The molecule has 5 nitrogen and oxygen atoms in total. The van der Waals surface area contributed by atoms with Crippen LogP contribution in [0.3, 0.4) is 0 Å². The third kappa shape index (κ3) is 7.12. The molecule has 2 aromatic carbocycles. The molecule has 142 valence electrons. The summed E-state index contributed by atoms with van der Waals surface area (Å²) in [6.45, 7) is 5.48. The van der Waals surface area contributed by atoms with Gasteiger partial charge >= 0.3 is 5.97 Å². The number of nitriles is 1. The van der Waals surface area contributed by atoms with E-state index in [1.165, 1.54) is 0 Å². The van der Waals surface area contributed by atoms with Crippen LogP contribution in [-0.4, -0.2) is 17.6 Å². The number of hydrogen-bond acceptors (Lipinski definition) is 4. The SMILES string of the molecule is CC(C)CC(CNCc1cccc(OCc2cccc(C#N)c2)c1)C(=O)O. The molecule has 0 bridgehead atoms. The first-order valence-electron chi connectivity index (χ1n) is 9.12. The Kier molecular flexibility index (Phi) is 7.84. The van der Waals surface area contributed by atoms with Crippen molar-refractivity contribution in [1.82, 2.24) is 5.32 Å². The van der Waals surface area contributed by atoms with Crippen LogP contribution in [0.1, 0.15) is 37.0 Å². The van der Waals surface area contributed by atoms with Crippen molar-refractivity contribution in [2.24, 2.45) is 11.8 Å². The van der Waals surface area contributed by atoms with Crippen molar-refractivity contribution in [3.8, 4) is 11.8 Å². The maximum Gasteiger partial charge on any atom is 0.307 e. The standard InChI is InChI=1S/C22H26N2O3/c1-16(2)9-20(22(25)26)14-24-13-18-6-4-8-21(11-18)27-15-19-7-3-5-17(10-19)12-23/h3-8,10-11,16,20,24H,9,13-15H2,1-2H3,(H,25,26). The zero-order chi connectivity index (χ0) is 19.6. The lowest BCUT2D eigenvalue weighted by Crippen LogP contribution is -2.29. The van der Waals surface area contributed by atoms with E-state index in [0.29, 0.717) is 37.6 Å². The number of carboxylic acids is 1. The highest BCUT2D eigenvalue weighted by Gasteiger charge is 2.18. The molecule has 2 N–H and O–H groups in total. The fourth-order valence-electron chi connectivity index (χ4n) is 2.87. The van der Waals surface area contributed by atoms with Crippen molar-refractivity contribution >= 4 is 5.97 Å². The van der Waals surface area contributed by atoms with Crippen LogP contribution in [0, 0.1) is 23.2 Å². The van der Waals surface area contributed by atoms with Crippen LogP contribution in [0.5, 0.6) is 5.75 Å². The number of benzene rings is 2. The van der Waals surface area contributed by atoms with Crippen molar-refractivity contribution in [2.75, 3.05) is 6.54 Å². The number of carbonyl (C=O) groups is 1. The van der Waals surface area contributed by atoms with E-state index in [1.54, 1.807) is 6.07 Å². The zero-order valence-corrected chi connectivity index (χ0v) is 15.8. The average molecular weight is 366 g/mol. The van der Waals surface area contributed by atoms with Crippen LogP contribution in [0.2, 0.25) is 0 Å². The number of hydrogen-bond donors (Lipinski definition) is 2. The van der Waals surface area contributed by atoms with Gasteiger partial charge < -0.3 is 15.2 Å². The van der Waals surface area contributed by atoms with Gasteiger partial charge in [-0.05, 0) is 47.7 Å². The summed E-state index contributed by atoms with van der Waals surface area (Å²) in [6, 6.07) is 17.2. The third-order valence-corrected chi connectivity index (χ3v) is 4.19. The largest absolute Gasteiger partial charge is 0.489 e. The van der Waals surface area contributed by atoms with Gasteiger partial charge in [-0.15, -0.1) is 0 Å². The van der Waals surface area contributed by atoms with E-state index in [2.05, 4.69) is 11.4 Å². The highest BCUT2D eigenvalue weighted by molar-refractivity contribution is 5.70. The molecule has 0 heterocycles. The highest BCUT2D eigenvalue weighted by atomic mass is 16.5. The van der Waals surface area contributed by atoms with Crippen molar-refractivity contribution in [3.63, 3.8) is 0 Å². The molecule has 5 heteroatoms. The number of carboxylic acid groups (broad SMARTS) is 1. The van der Waals surface area contributed by atoms with Gasteiger partial charge in [-0.25, -0.2) is 0 Å². The summed E-state index contributed by atoms with van der Waals surface area (Å²) in [6.07, 6.45) is 0.660. The molecule has 0 amide bonds. The second-order valence-corrected chi connectivity index (χ2v) is 7.04. The van der Waals surface area contributed by atoms with Gasteiger partial charge in [0.15, 0.2) is 0 Å². The molecule has 2 rings (SSSR count). The van der Waals surface area contributed by atoms with E-state index >= 15 is 0 Å². The zero-order valence-electron chi connectivity index (χ0n) is 15.8. The summed E-state index contributed by atoms with van der Waals surface area (Å²) >= 11 is 0. The van der Waals surface area contributed by atoms with Crippen LogP contribution < -0.4 is 10.1 Å². The number of ether oxygens (including phenoxy) is 1. The molecule has 0 aliphatic rings. The van der Waals surface area contributed by atoms with E-state index in [0.717, 1.165) is 16.9 Å². The van der Waals surface area contributed by atoms with Crippen molar-refractivity contribution in [2.45, 2.75) is 33.4 Å². The van der Waals surface area contributed by atoms with Gasteiger partial charge in [0.2, 0.25) is 0 Å². The highest BCUT2D eigenvalue weighted by Crippen LogP contribution is 2.16. The fourth-order valence-corrected chi connectivity index (χ4v) is 2.87. The molecule has 0 saturated heterocycles. The summed E-state index contributed by atoms with van der Waals surface area (Å²) in [5, 5.41) is 21.5. The lowest BCUT2D eigenvalue weighted by atomic mass is 9.97. The van der Waals surface area contributed by atoms with Crippen LogP contribution >= 0.6 is 0 Å². The number of rotatable bonds is 10. The Labute approximate surface area is 160 Å². The Bertz CT molecular complexity index is 796. The van der Waals surface area contributed by atoms with Crippen LogP contribution in [0.25, 0.3) is 0 Å². The van der Waals surface area contributed by atoms with Crippen LogP contribution in [-0.2, 0) is 17.9 Å². The number of aliphatic carboxylic acids is 1. The molecule has 0 fully saturated rings. The first-order valence-corrected chi connectivity index (χ1v) is 9.12. The quantitative estimate of drug-likeness (QED) is 0.665. The lowest BCUT2D eigenvalue weighted by Gasteiger charge is -2.15. The van der Waals surface area contributed by atoms with Gasteiger partial charge in [0, 0.05) is 13.1 Å². The maximum atomic E-state index is 11.3. The molecule has 0 saturated carbocycles. The van der Waals surface area contributed by atoms with E-state index in [4.69, 9.17) is 10.00 Å². The molecule has 0 radical (unpaired) electrons. The van der Waals surface area contributed by atoms with E-state index in [-0.39, 0.29) is 5.92 Å². The van der Waals surface area contributed by atoms with Crippen molar-refractivity contribution < 1.29 is 14.6 Å². The average Bonchev–Trinajstić information content (AvgIpc) is 2.65. The predicted molar refractivity (Wildman–Crippen MR) is 104 cm³/mol. The molecule has 2 aromatic rings. The van der Waals surface area contributed by atoms with Crippen molar-refractivity contribution in [1.29, 1.82) is 5.26 Å². The molecular weight excluding hydrogens is 340 g/mol. The Balaban J connectivity index is 1.87. The Morgan fingerprint density at radius 2 is 1.93 bits per heavy atom. The number of nitrogens with zero attached hydrogens (tertiary/aromatic N) is 1. The first-order chi connectivity index (χ1) is 13.0. The minimum atomic E-state index is -0.757. The van der Waals surface area contributed by atoms with Crippen LogP contribution in [0.15, 0.2) is 48.5 Å². The Morgan fingerprint density at radius 3 is 2.63 bits per heavy atom. The molecule has 0 spiro atoms. The minimum Gasteiger partial charge on any atom is -0.489 e. The molecule has 1 atom stereocenters. The van der Waals surface area contributed by atoms with E-state index in [9.17, 15) is 9.90 Å². The second-order valence-electron chi connectivity index (χ2n) is 7.04. The van der Waals surface area contributed by atoms with Gasteiger partial charge in [0.05, 0.1) is 17.6 Å².